The summed E-state index contributed by atoms with van der Waals surface area (Å²) in [6, 6.07) is 2.19. The molecule has 1 saturated carbocycles. The molecule has 2 aliphatic rings. The van der Waals surface area contributed by atoms with Gasteiger partial charge in [0.2, 0.25) is 5.91 Å². The summed E-state index contributed by atoms with van der Waals surface area (Å²) in [4.78, 5) is 14.9. The number of carbonyl (C=O) groups excluding carboxylic acids is 1. The van der Waals surface area contributed by atoms with Crippen LogP contribution < -0.4 is 0 Å². The molecule has 74 valence electrons. The third-order valence-corrected chi connectivity index (χ3v) is 4.97. The molecule has 0 saturated heterocycles. The minimum absolute atomic E-state index is 0.0766. The number of carbonyl (C=O) groups is 1. The molecule has 1 aliphatic heterocycles. The summed E-state index contributed by atoms with van der Waals surface area (Å²) >= 11 is 5.21. The number of fused-ring (bicyclic) bond motifs is 2. The van der Waals surface area contributed by atoms with Crippen LogP contribution in [-0.2, 0) is 16.8 Å². The van der Waals surface area contributed by atoms with Gasteiger partial charge in [-0.3, -0.25) is 4.79 Å². The van der Waals surface area contributed by atoms with Gasteiger partial charge in [0.25, 0.3) is 0 Å². The molecule has 0 N–H and O–H groups in total. The van der Waals surface area contributed by atoms with E-state index in [1.165, 1.54) is 10.4 Å². The van der Waals surface area contributed by atoms with Gasteiger partial charge in [0.1, 0.15) is 0 Å². The summed E-state index contributed by atoms with van der Waals surface area (Å²) in [7, 11) is 1.93. The van der Waals surface area contributed by atoms with Crippen LogP contribution in [0.25, 0.3) is 0 Å². The van der Waals surface area contributed by atoms with E-state index in [4.69, 9.17) is 0 Å². The maximum atomic E-state index is 11.7. The Balaban J connectivity index is 2.18. The summed E-state index contributed by atoms with van der Waals surface area (Å²) in [6.45, 7) is 0. The van der Waals surface area contributed by atoms with Gasteiger partial charge in [0.15, 0.2) is 0 Å². The first-order valence-corrected chi connectivity index (χ1v) is 6.30. The van der Waals surface area contributed by atoms with Crippen molar-refractivity contribution >= 4 is 33.2 Å². The molecule has 2 heterocycles. The molecule has 4 heteroatoms. The second-order valence-electron chi connectivity index (χ2n) is 4.05. The number of halogens is 1. The molecule has 1 aliphatic carbocycles. The molecule has 0 atom stereocenters. The van der Waals surface area contributed by atoms with E-state index in [0.717, 1.165) is 16.6 Å². The van der Waals surface area contributed by atoms with Crippen LogP contribution in [0, 0.1) is 0 Å². The SMILES string of the molecule is CN1C(=O)Cc2sc(Br)cc2C12CC2. The molecule has 1 fully saturated rings. The van der Waals surface area contributed by atoms with Gasteiger partial charge < -0.3 is 4.90 Å². The molecule has 3 rings (SSSR count). The highest BCUT2D eigenvalue weighted by Gasteiger charge is 2.53. The van der Waals surface area contributed by atoms with Crippen molar-refractivity contribution in [3.8, 4) is 0 Å². The van der Waals surface area contributed by atoms with Crippen LogP contribution in [-0.4, -0.2) is 17.9 Å². The van der Waals surface area contributed by atoms with Crippen LogP contribution in [0.1, 0.15) is 23.3 Å². The number of nitrogens with zero attached hydrogens (tertiary/aromatic N) is 1. The lowest BCUT2D eigenvalue weighted by atomic mass is 9.98. The van der Waals surface area contributed by atoms with Crippen LogP contribution in [0.3, 0.4) is 0 Å². The fraction of sp³-hybridized carbons (Fsp3) is 0.500. The van der Waals surface area contributed by atoms with Crippen molar-refractivity contribution in [3.63, 3.8) is 0 Å². The third-order valence-electron chi connectivity index (χ3n) is 3.33. The van der Waals surface area contributed by atoms with Crippen LogP contribution in [0.4, 0.5) is 0 Å². The normalized spacial score (nSPS) is 22.7. The Labute approximate surface area is 95.0 Å². The summed E-state index contributed by atoms with van der Waals surface area (Å²) in [5.74, 6) is 0.268. The van der Waals surface area contributed by atoms with Crippen LogP contribution in [0.2, 0.25) is 0 Å². The first-order valence-electron chi connectivity index (χ1n) is 4.69. The zero-order valence-corrected chi connectivity index (χ0v) is 10.2. The van der Waals surface area contributed by atoms with Gasteiger partial charge in [-0.25, -0.2) is 0 Å². The van der Waals surface area contributed by atoms with Crippen molar-refractivity contribution in [1.82, 2.24) is 4.90 Å². The second kappa shape index (κ2) is 2.61. The standard InChI is InChI=1S/C10H10BrNOS/c1-12-9(13)5-7-6(4-8(11)14-7)10(12)2-3-10/h4H,2-3,5H2,1H3. The van der Waals surface area contributed by atoms with Crippen molar-refractivity contribution in [2.24, 2.45) is 0 Å². The minimum Gasteiger partial charge on any atom is -0.336 e. The largest absolute Gasteiger partial charge is 0.336 e. The number of thiophene rings is 1. The Kier molecular flexibility index (Phi) is 1.66. The Bertz CT molecular complexity index is 422. The molecular weight excluding hydrogens is 262 g/mol. The van der Waals surface area contributed by atoms with E-state index in [2.05, 4.69) is 22.0 Å². The zero-order valence-electron chi connectivity index (χ0n) is 7.84. The topological polar surface area (TPSA) is 20.3 Å². The fourth-order valence-corrected chi connectivity index (χ4v) is 4.10. The quantitative estimate of drug-likeness (QED) is 0.710. The van der Waals surface area contributed by atoms with Gasteiger partial charge in [-0.1, -0.05) is 0 Å². The summed E-state index contributed by atoms with van der Waals surface area (Å²) in [6.07, 6.45) is 2.85. The van der Waals surface area contributed by atoms with E-state index >= 15 is 0 Å². The van der Waals surface area contributed by atoms with Crippen molar-refractivity contribution < 1.29 is 4.79 Å². The Morgan fingerprint density at radius 3 is 2.93 bits per heavy atom. The van der Waals surface area contributed by atoms with E-state index < -0.39 is 0 Å². The molecule has 1 spiro atoms. The summed E-state index contributed by atoms with van der Waals surface area (Å²) in [5.41, 5.74) is 1.46. The number of rotatable bonds is 0. The highest BCUT2D eigenvalue weighted by atomic mass is 79.9. The highest BCUT2D eigenvalue weighted by molar-refractivity contribution is 9.11. The average Bonchev–Trinajstić information content (AvgIpc) is 2.84. The molecule has 1 aromatic rings. The Morgan fingerprint density at radius 2 is 2.29 bits per heavy atom. The molecule has 0 bridgehead atoms. The molecule has 0 radical (unpaired) electrons. The maximum absolute atomic E-state index is 11.7. The molecule has 0 unspecified atom stereocenters. The van der Waals surface area contributed by atoms with E-state index in [1.54, 1.807) is 11.3 Å². The van der Waals surface area contributed by atoms with Crippen molar-refractivity contribution in [2.45, 2.75) is 24.8 Å². The van der Waals surface area contributed by atoms with E-state index in [0.29, 0.717) is 6.42 Å². The smallest absolute Gasteiger partial charge is 0.228 e. The number of hydrogen-bond acceptors (Lipinski definition) is 2. The van der Waals surface area contributed by atoms with Gasteiger partial charge in [-0.05, 0) is 40.4 Å². The van der Waals surface area contributed by atoms with Crippen LogP contribution >= 0.6 is 27.3 Å². The average molecular weight is 272 g/mol. The van der Waals surface area contributed by atoms with Crippen LogP contribution in [0.5, 0.6) is 0 Å². The predicted molar refractivity (Wildman–Crippen MR) is 59.4 cm³/mol. The third kappa shape index (κ3) is 0.984. The monoisotopic (exact) mass is 271 g/mol. The van der Waals surface area contributed by atoms with Gasteiger partial charge in [-0.15, -0.1) is 11.3 Å². The Hall–Kier alpha value is -0.350. The van der Waals surface area contributed by atoms with Gasteiger partial charge in [0.05, 0.1) is 15.7 Å². The molecule has 14 heavy (non-hydrogen) atoms. The predicted octanol–water partition coefficient (Wildman–Crippen LogP) is 2.51. The molecule has 1 amide bonds. The van der Waals surface area contributed by atoms with Gasteiger partial charge in [-0.2, -0.15) is 0 Å². The van der Waals surface area contributed by atoms with E-state index in [1.807, 2.05) is 11.9 Å². The van der Waals surface area contributed by atoms with E-state index in [9.17, 15) is 4.79 Å². The molecule has 1 aromatic heterocycles. The molecular formula is C10H10BrNOS. The van der Waals surface area contributed by atoms with Crippen molar-refractivity contribution in [2.75, 3.05) is 7.05 Å². The molecule has 2 nitrogen and oxygen atoms in total. The first-order chi connectivity index (χ1) is 6.63. The van der Waals surface area contributed by atoms with Crippen LogP contribution in [0.15, 0.2) is 9.85 Å². The van der Waals surface area contributed by atoms with Gasteiger partial charge >= 0.3 is 0 Å². The molecule has 0 aromatic carbocycles. The number of amides is 1. The highest BCUT2D eigenvalue weighted by Crippen LogP contribution is 2.55. The zero-order chi connectivity index (χ0) is 9.92. The Morgan fingerprint density at radius 1 is 1.57 bits per heavy atom. The lowest BCUT2D eigenvalue weighted by molar-refractivity contribution is -0.133. The van der Waals surface area contributed by atoms with Crippen molar-refractivity contribution in [1.29, 1.82) is 0 Å². The van der Waals surface area contributed by atoms with Crippen molar-refractivity contribution in [3.05, 3.63) is 20.3 Å². The number of hydrogen-bond donors (Lipinski definition) is 0. The number of likely N-dealkylation sites (N-methyl/N-ethyl adjacent to an activating group) is 1. The second-order valence-corrected chi connectivity index (χ2v) is 6.56. The lowest BCUT2D eigenvalue weighted by Gasteiger charge is -2.32. The van der Waals surface area contributed by atoms with Gasteiger partial charge in [0, 0.05) is 11.9 Å². The minimum atomic E-state index is 0.0766. The lowest BCUT2D eigenvalue weighted by Crippen LogP contribution is -2.41. The fourth-order valence-electron chi connectivity index (χ4n) is 2.32. The van der Waals surface area contributed by atoms with E-state index in [-0.39, 0.29) is 11.4 Å². The summed E-state index contributed by atoms with van der Waals surface area (Å²) in [5, 5.41) is 0. The first kappa shape index (κ1) is 8.92. The summed E-state index contributed by atoms with van der Waals surface area (Å²) < 4.78 is 1.15. The maximum Gasteiger partial charge on any atom is 0.228 e.